The molecule has 0 aromatic heterocycles. The van der Waals surface area contributed by atoms with Gasteiger partial charge in [0.2, 0.25) is 11.8 Å². The summed E-state index contributed by atoms with van der Waals surface area (Å²) in [7, 11) is 0. The van der Waals surface area contributed by atoms with Crippen LogP contribution in [0.25, 0.3) is 10.8 Å². The summed E-state index contributed by atoms with van der Waals surface area (Å²) in [6.07, 6.45) is 1.82. The lowest BCUT2D eigenvalue weighted by Crippen LogP contribution is -2.52. The highest BCUT2D eigenvalue weighted by atomic mass is 16.2. The Bertz CT molecular complexity index is 1030. The molecule has 2 aliphatic rings. The first-order chi connectivity index (χ1) is 15.2. The number of hydrogen-bond donors (Lipinski definition) is 2. The maximum atomic E-state index is 13.4. The predicted molar refractivity (Wildman–Crippen MR) is 126 cm³/mol. The molecule has 0 unspecified atom stereocenters. The van der Waals surface area contributed by atoms with Gasteiger partial charge in [0.25, 0.3) is 5.91 Å². The Labute approximate surface area is 189 Å². The van der Waals surface area contributed by atoms with Crippen molar-refractivity contribution in [1.82, 2.24) is 15.1 Å². The largest absolute Gasteiger partial charge is 0.350 e. The molecule has 0 atom stereocenters. The lowest BCUT2D eigenvalue weighted by molar-refractivity contribution is -0.124. The SMILES string of the molecule is CC(C)(C)NC(=O)CN1CCN(C(=O)c2cc3ccccc3cc2NC(=O)C2CC2)CC1. The van der Waals surface area contributed by atoms with Gasteiger partial charge in [0, 0.05) is 37.6 Å². The van der Waals surface area contributed by atoms with E-state index in [2.05, 4.69) is 15.5 Å². The van der Waals surface area contributed by atoms with E-state index in [4.69, 9.17) is 0 Å². The molecular formula is C25H32N4O3. The third-order valence-electron chi connectivity index (χ3n) is 5.86. The summed E-state index contributed by atoms with van der Waals surface area (Å²) in [4.78, 5) is 42.0. The van der Waals surface area contributed by atoms with E-state index in [0.29, 0.717) is 44.0 Å². The van der Waals surface area contributed by atoms with Crippen molar-refractivity contribution in [3.05, 3.63) is 42.0 Å². The minimum absolute atomic E-state index is 0.00289. The number of carbonyl (C=O) groups is 3. The van der Waals surface area contributed by atoms with Gasteiger partial charge in [0.1, 0.15) is 0 Å². The zero-order valence-electron chi connectivity index (χ0n) is 19.1. The number of fused-ring (bicyclic) bond motifs is 1. The van der Waals surface area contributed by atoms with Gasteiger partial charge in [-0.05, 0) is 56.5 Å². The molecule has 1 aliphatic carbocycles. The van der Waals surface area contributed by atoms with Crippen LogP contribution in [0.2, 0.25) is 0 Å². The van der Waals surface area contributed by atoms with Gasteiger partial charge in [0.05, 0.1) is 17.8 Å². The van der Waals surface area contributed by atoms with E-state index in [9.17, 15) is 14.4 Å². The molecule has 2 aromatic rings. The third-order valence-corrected chi connectivity index (χ3v) is 5.86. The van der Waals surface area contributed by atoms with Crippen LogP contribution in [0.1, 0.15) is 44.0 Å². The number of piperazine rings is 1. The quantitative estimate of drug-likeness (QED) is 0.755. The Balaban J connectivity index is 1.46. The van der Waals surface area contributed by atoms with Crippen molar-refractivity contribution in [1.29, 1.82) is 0 Å². The normalized spacial score (nSPS) is 17.3. The van der Waals surface area contributed by atoms with Gasteiger partial charge in [-0.2, -0.15) is 0 Å². The fraction of sp³-hybridized carbons (Fsp3) is 0.480. The molecule has 2 aromatic carbocycles. The van der Waals surface area contributed by atoms with Crippen molar-refractivity contribution < 1.29 is 14.4 Å². The number of anilines is 1. The molecule has 0 bridgehead atoms. The van der Waals surface area contributed by atoms with Crippen LogP contribution < -0.4 is 10.6 Å². The molecule has 3 amide bonds. The van der Waals surface area contributed by atoms with E-state index in [1.54, 1.807) is 0 Å². The highest BCUT2D eigenvalue weighted by Gasteiger charge is 2.31. The van der Waals surface area contributed by atoms with E-state index in [0.717, 1.165) is 23.6 Å². The van der Waals surface area contributed by atoms with Gasteiger partial charge in [-0.1, -0.05) is 24.3 Å². The second-order valence-corrected chi connectivity index (χ2v) is 9.87. The van der Waals surface area contributed by atoms with Crippen molar-refractivity contribution in [3.8, 4) is 0 Å². The standard InChI is InChI=1S/C25H32N4O3/c1-25(2,3)27-22(30)16-28-10-12-29(13-11-28)24(32)20-14-18-6-4-5-7-19(18)15-21(20)26-23(31)17-8-9-17/h4-7,14-15,17H,8-13,16H2,1-3H3,(H,26,31)(H,27,30). The number of carbonyl (C=O) groups excluding carboxylic acids is 3. The van der Waals surface area contributed by atoms with Crippen molar-refractivity contribution >= 4 is 34.2 Å². The number of nitrogens with zero attached hydrogens (tertiary/aromatic N) is 2. The lowest BCUT2D eigenvalue weighted by atomic mass is 10.0. The molecule has 32 heavy (non-hydrogen) atoms. The first-order valence-electron chi connectivity index (χ1n) is 11.4. The summed E-state index contributed by atoms with van der Waals surface area (Å²) in [6, 6.07) is 11.6. The van der Waals surface area contributed by atoms with Crippen LogP contribution in [0.5, 0.6) is 0 Å². The van der Waals surface area contributed by atoms with Crippen molar-refractivity contribution in [3.63, 3.8) is 0 Å². The third kappa shape index (κ3) is 5.46. The van der Waals surface area contributed by atoms with E-state index >= 15 is 0 Å². The Morgan fingerprint density at radius 2 is 1.59 bits per heavy atom. The summed E-state index contributed by atoms with van der Waals surface area (Å²) in [6.45, 7) is 8.59. The minimum Gasteiger partial charge on any atom is -0.350 e. The monoisotopic (exact) mass is 436 g/mol. The van der Waals surface area contributed by atoms with Gasteiger partial charge in [-0.3, -0.25) is 19.3 Å². The van der Waals surface area contributed by atoms with E-state index in [1.807, 2.05) is 62.1 Å². The zero-order valence-corrected chi connectivity index (χ0v) is 19.1. The summed E-state index contributed by atoms with van der Waals surface area (Å²) >= 11 is 0. The molecule has 1 aliphatic heterocycles. The van der Waals surface area contributed by atoms with E-state index in [1.165, 1.54) is 0 Å². The molecule has 2 fully saturated rings. The Hall–Kier alpha value is -2.93. The summed E-state index contributed by atoms with van der Waals surface area (Å²) in [5, 5.41) is 7.93. The Morgan fingerprint density at radius 1 is 0.969 bits per heavy atom. The van der Waals surface area contributed by atoms with Gasteiger partial charge >= 0.3 is 0 Å². The molecule has 7 heteroatoms. The molecule has 7 nitrogen and oxygen atoms in total. The topological polar surface area (TPSA) is 81.8 Å². The molecule has 1 saturated heterocycles. The lowest BCUT2D eigenvalue weighted by Gasteiger charge is -2.35. The second-order valence-electron chi connectivity index (χ2n) is 9.87. The molecule has 0 radical (unpaired) electrons. The number of hydrogen-bond acceptors (Lipinski definition) is 4. The second kappa shape index (κ2) is 8.90. The zero-order chi connectivity index (χ0) is 22.9. The Morgan fingerprint density at radius 3 is 2.19 bits per heavy atom. The van der Waals surface area contributed by atoms with Crippen LogP contribution >= 0.6 is 0 Å². The maximum Gasteiger partial charge on any atom is 0.256 e. The van der Waals surface area contributed by atoms with Crippen LogP contribution in [-0.4, -0.2) is 65.8 Å². The predicted octanol–water partition coefficient (Wildman–Crippen LogP) is 2.86. The molecule has 2 N–H and O–H groups in total. The first kappa shape index (κ1) is 22.3. The molecule has 4 rings (SSSR count). The average Bonchev–Trinajstić information content (AvgIpc) is 3.57. The minimum atomic E-state index is -0.258. The van der Waals surface area contributed by atoms with Crippen molar-refractivity contribution in [2.24, 2.45) is 5.92 Å². The van der Waals surface area contributed by atoms with E-state index in [-0.39, 0.29) is 29.2 Å². The van der Waals surface area contributed by atoms with Gasteiger partial charge in [0.15, 0.2) is 0 Å². The highest BCUT2D eigenvalue weighted by molar-refractivity contribution is 6.08. The number of benzene rings is 2. The highest BCUT2D eigenvalue weighted by Crippen LogP contribution is 2.32. The summed E-state index contributed by atoms with van der Waals surface area (Å²) < 4.78 is 0. The molecule has 0 spiro atoms. The first-order valence-corrected chi connectivity index (χ1v) is 11.4. The van der Waals surface area contributed by atoms with Crippen LogP contribution in [0.15, 0.2) is 36.4 Å². The molecule has 1 heterocycles. The van der Waals surface area contributed by atoms with Gasteiger partial charge < -0.3 is 15.5 Å². The van der Waals surface area contributed by atoms with Gasteiger partial charge in [-0.15, -0.1) is 0 Å². The van der Waals surface area contributed by atoms with Gasteiger partial charge in [-0.25, -0.2) is 0 Å². The number of amides is 3. The molecular weight excluding hydrogens is 404 g/mol. The Kier molecular flexibility index (Phi) is 6.20. The van der Waals surface area contributed by atoms with E-state index < -0.39 is 0 Å². The summed E-state index contributed by atoms with van der Waals surface area (Å²) in [5.74, 6) is -0.0336. The van der Waals surface area contributed by atoms with Crippen molar-refractivity contribution in [2.75, 3.05) is 38.0 Å². The number of rotatable bonds is 5. The van der Waals surface area contributed by atoms with Crippen LogP contribution in [-0.2, 0) is 9.59 Å². The smallest absolute Gasteiger partial charge is 0.256 e. The summed E-state index contributed by atoms with van der Waals surface area (Å²) in [5.41, 5.74) is 0.848. The molecule has 1 saturated carbocycles. The van der Waals surface area contributed by atoms with Crippen molar-refractivity contribution in [2.45, 2.75) is 39.2 Å². The van der Waals surface area contributed by atoms with Crippen LogP contribution in [0, 0.1) is 5.92 Å². The number of nitrogens with one attached hydrogen (secondary N) is 2. The maximum absolute atomic E-state index is 13.4. The average molecular weight is 437 g/mol. The molecule has 170 valence electrons. The fourth-order valence-electron chi connectivity index (χ4n) is 4.04. The van der Waals surface area contributed by atoms with Crippen LogP contribution in [0.4, 0.5) is 5.69 Å². The fourth-order valence-corrected chi connectivity index (χ4v) is 4.04. The van der Waals surface area contributed by atoms with Crippen LogP contribution in [0.3, 0.4) is 0 Å².